The Bertz CT molecular complexity index is 304. The fourth-order valence-corrected chi connectivity index (χ4v) is 4.47. The highest BCUT2D eigenvalue weighted by Crippen LogP contribution is 2.50. The highest BCUT2D eigenvalue weighted by atomic mass is 16.5. The molecule has 3 aliphatic heterocycles. The van der Waals surface area contributed by atoms with Gasteiger partial charge in [-0.25, -0.2) is 0 Å². The van der Waals surface area contributed by atoms with E-state index in [9.17, 15) is 5.11 Å². The third-order valence-electron chi connectivity index (χ3n) is 5.70. The van der Waals surface area contributed by atoms with Crippen LogP contribution in [0.1, 0.15) is 38.5 Å². The molecule has 0 aromatic heterocycles. The van der Waals surface area contributed by atoms with Crippen LogP contribution < -0.4 is 5.73 Å². The Morgan fingerprint density at radius 1 is 1.17 bits per heavy atom. The van der Waals surface area contributed by atoms with Crippen LogP contribution in [0.3, 0.4) is 0 Å². The van der Waals surface area contributed by atoms with E-state index in [1.165, 1.54) is 12.8 Å². The molecule has 3 fully saturated rings. The molecule has 2 unspecified atom stereocenters. The summed E-state index contributed by atoms with van der Waals surface area (Å²) in [4.78, 5) is 2.50. The van der Waals surface area contributed by atoms with Crippen LogP contribution in [0.2, 0.25) is 0 Å². The molecule has 4 nitrogen and oxygen atoms in total. The van der Waals surface area contributed by atoms with Gasteiger partial charge in [0, 0.05) is 37.8 Å². The first kappa shape index (κ1) is 12.9. The number of nitrogens with two attached hydrogens (primary N) is 1. The molecule has 0 spiro atoms. The van der Waals surface area contributed by atoms with Crippen molar-refractivity contribution in [1.82, 2.24) is 4.90 Å². The number of fused-ring (bicyclic) bond motifs is 1. The maximum Gasteiger partial charge on any atom is 0.0883 e. The molecule has 3 rings (SSSR count). The molecule has 0 radical (unpaired) electrons. The molecule has 3 aliphatic rings. The van der Waals surface area contributed by atoms with Gasteiger partial charge < -0.3 is 15.6 Å². The molecular formula is C14H26N2O2. The van der Waals surface area contributed by atoms with E-state index in [1.54, 1.807) is 0 Å². The van der Waals surface area contributed by atoms with Crippen LogP contribution in [0.25, 0.3) is 0 Å². The second-order valence-electron chi connectivity index (χ2n) is 6.32. The zero-order valence-electron chi connectivity index (χ0n) is 11.2. The van der Waals surface area contributed by atoms with Crippen LogP contribution >= 0.6 is 0 Å². The lowest BCUT2D eigenvalue weighted by Crippen LogP contribution is -2.61. The van der Waals surface area contributed by atoms with Crippen LogP contribution in [0.5, 0.6) is 0 Å². The van der Waals surface area contributed by atoms with Crippen molar-refractivity contribution in [3.8, 4) is 0 Å². The van der Waals surface area contributed by atoms with E-state index in [4.69, 9.17) is 10.5 Å². The fraction of sp³-hybridized carbons (Fsp3) is 1.00. The molecule has 0 aromatic rings. The largest absolute Gasteiger partial charge is 0.388 e. The molecule has 104 valence electrons. The molecule has 0 aromatic carbocycles. The van der Waals surface area contributed by atoms with Gasteiger partial charge >= 0.3 is 0 Å². The van der Waals surface area contributed by atoms with E-state index in [0.29, 0.717) is 12.6 Å². The van der Waals surface area contributed by atoms with Crippen molar-refractivity contribution in [1.29, 1.82) is 0 Å². The lowest BCUT2D eigenvalue weighted by molar-refractivity contribution is -0.147. The number of ether oxygens (including phenoxy) is 1. The smallest absolute Gasteiger partial charge is 0.0883 e. The van der Waals surface area contributed by atoms with Crippen LogP contribution in [-0.4, -0.2) is 54.5 Å². The third kappa shape index (κ3) is 1.73. The Kier molecular flexibility index (Phi) is 3.39. The van der Waals surface area contributed by atoms with Crippen molar-refractivity contribution in [2.24, 2.45) is 11.1 Å². The van der Waals surface area contributed by atoms with Crippen molar-refractivity contribution in [2.45, 2.75) is 50.2 Å². The summed E-state index contributed by atoms with van der Waals surface area (Å²) in [6.07, 6.45) is 6.41. The highest BCUT2D eigenvalue weighted by Gasteiger charge is 2.58. The predicted molar refractivity (Wildman–Crippen MR) is 70.3 cm³/mol. The van der Waals surface area contributed by atoms with Gasteiger partial charge in [0.05, 0.1) is 5.60 Å². The van der Waals surface area contributed by atoms with E-state index in [-0.39, 0.29) is 5.41 Å². The van der Waals surface area contributed by atoms with Gasteiger partial charge in [0.1, 0.15) is 0 Å². The summed E-state index contributed by atoms with van der Waals surface area (Å²) in [5, 5.41) is 11.4. The molecular weight excluding hydrogens is 228 g/mol. The molecule has 4 heteroatoms. The molecule has 0 aliphatic carbocycles. The Hall–Kier alpha value is -0.160. The third-order valence-corrected chi connectivity index (χ3v) is 5.70. The van der Waals surface area contributed by atoms with Gasteiger partial charge in [-0.2, -0.15) is 0 Å². The summed E-state index contributed by atoms with van der Waals surface area (Å²) in [7, 11) is 0. The van der Waals surface area contributed by atoms with Gasteiger partial charge in [-0.3, -0.25) is 4.90 Å². The maximum absolute atomic E-state index is 11.4. The number of nitrogens with zero attached hydrogens (tertiary/aromatic N) is 1. The van der Waals surface area contributed by atoms with Gasteiger partial charge in [-0.1, -0.05) is 6.42 Å². The molecule has 0 saturated carbocycles. The Morgan fingerprint density at radius 2 is 1.94 bits per heavy atom. The second kappa shape index (κ2) is 4.75. The van der Waals surface area contributed by atoms with Crippen LogP contribution in [0.15, 0.2) is 0 Å². The van der Waals surface area contributed by atoms with Crippen molar-refractivity contribution < 1.29 is 9.84 Å². The lowest BCUT2D eigenvalue weighted by Gasteiger charge is -2.51. The van der Waals surface area contributed by atoms with Crippen molar-refractivity contribution in [2.75, 3.05) is 32.8 Å². The van der Waals surface area contributed by atoms with Gasteiger partial charge in [-0.15, -0.1) is 0 Å². The molecule has 3 N–H and O–H groups in total. The predicted octanol–water partition coefficient (Wildman–Crippen LogP) is 0.731. The minimum atomic E-state index is -0.577. The van der Waals surface area contributed by atoms with E-state index < -0.39 is 5.60 Å². The molecule has 2 atom stereocenters. The van der Waals surface area contributed by atoms with Crippen LogP contribution in [0, 0.1) is 5.41 Å². The monoisotopic (exact) mass is 254 g/mol. The summed E-state index contributed by atoms with van der Waals surface area (Å²) < 4.78 is 5.49. The van der Waals surface area contributed by atoms with Crippen molar-refractivity contribution in [3.05, 3.63) is 0 Å². The Balaban J connectivity index is 1.87. The second-order valence-corrected chi connectivity index (χ2v) is 6.32. The summed E-state index contributed by atoms with van der Waals surface area (Å²) in [5.74, 6) is 0. The molecule has 3 saturated heterocycles. The molecule has 0 amide bonds. The topological polar surface area (TPSA) is 58.7 Å². The SMILES string of the molecule is NCC1(C2(O)CCN3CCCCC32)CCOCC1. The average molecular weight is 254 g/mol. The van der Waals surface area contributed by atoms with E-state index in [2.05, 4.69) is 4.90 Å². The fourth-order valence-electron chi connectivity index (χ4n) is 4.47. The van der Waals surface area contributed by atoms with Crippen LogP contribution in [-0.2, 0) is 4.74 Å². The van der Waals surface area contributed by atoms with Gasteiger partial charge in [0.2, 0.25) is 0 Å². The molecule has 3 heterocycles. The van der Waals surface area contributed by atoms with Crippen molar-refractivity contribution >= 4 is 0 Å². The normalized spacial score (nSPS) is 40.7. The van der Waals surface area contributed by atoms with Gasteiger partial charge in [-0.05, 0) is 38.6 Å². The Morgan fingerprint density at radius 3 is 2.67 bits per heavy atom. The summed E-state index contributed by atoms with van der Waals surface area (Å²) in [6.45, 7) is 4.31. The number of hydrogen-bond acceptors (Lipinski definition) is 4. The first-order chi connectivity index (χ1) is 8.72. The van der Waals surface area contributed by atoms with Gasteiger partial charge in [0.15, 0.2) is 0 Å². The zero-order chi connectivity index (χ0) is 12.6. The number of piperidine rings is 1. The number of hydrogen-bond donors (Lipinski definition) is 2. The zero-order valence-corrected chi connectivity index (χ0v) is 11.2. The minimum absolute atomic E-state index is 0.109. The minimum Gasteiger partial charge on any atom is -0.388 e. The van der Waals surface area contributed by atoms with Crippen LogP contribution in [0.4, 0.5) is 0 Å². The Labute approximate surface area is 109 Å². The lowest BCUT2D eigenvalue weighted by atomic mass is 9.62. The summed E-state index contributed by atoms with van der Waals surface area (Å²) in [6, 6.07) is 0.341. The van der Waals surface area contributed by atoms with Gasteiger partial charge in [0.25, 0.3) is 0 Å². The number of aliphatic hydroxyl groups is 1. The highest BCUT2D eigenvalue weighted by molar-refractivity contribution is 5.12. The standard InChI is InChI=1S/C14H26N2O2/c15-11-13(5-9-18-10-6-13)14(17)4-8-16-7-2-1-3-12(14)16/h12,17H,1-11,15H2. The van der Waals surface area contributed by atoms with E-state index >= 15 is 0 Å². The first-order valence-corrected chi connectivity index (χ1v) is 7.46. The van der Waals surface area contributed by atoms with E-state index in [1.807, 2.05) is 0 Å². The van der Waals surface area contributed by atoms with Crippen molar-refractivity contribution in [3.63, 3.8) is 0 Å². The summed E-state index contributed by atoms with van der Waals surface area (Å²) >= 11 is 0. The average Bonchev–Trinajstić information content (AvgIpc) is 2.79. The van der Waals surface area contributed by atoms with E-state index in [0.717, 1.165) is 52.0 Å². The molecule has 0 bridgehead atoms. The maximum atomic E-state index is 11.4. The summed E-state index contributed by atoms with van der Waals surface area (Å²) in [5.41, 5.74) is 5.40. The molecule has 18 heavy (non-hydrogen) atoms. The first-order valence-electron chi connectivity index (χ1n) is 7.46. The number of rotatable bonds is 2. The quantitative estimate of drug-likeness (QED) is 0.763.